The van der Waals surface area contributed by atoms with E-state index >= 15 is 0 Å². The first-order chi connectivity index (χ1) is 10.8. The van der Waals surface area contributed by atoms with Crippen molar-refractivity contribution in [1.29, 1.82) is 0 Å². The summed E-state index contributed by atoms with van der Waals surface area (Å²) >= 11 is 0. The summed E-state index contributed by atoms with van der Waals surface area (Å²) in [7, 11) is 0. The molecule has 2 atom stereocenters. The van der Waals surface area contributed by atoms with Crippen LogP contribution in [0.5, 0.6) is 0 Å². The van der Waals surface area contributed by atoms with Crippen LogP contribution in [0, 0.1) is 0 Å². The summed E-state index contributed by atoms with van der Waals surface area (Å²) in [6.45, 7) is 7.45. The van der Waals surface area contributed by atoms with Crippen molar-refractivity contribution < 1.29 is 5.11 Å². The zero-order chi connectivity index (χ0) is 15.4. The van der Waals surface area contributed by atoms with Gasteiger partial charge in [0.25, 0.3) is 0 Å². The van der Waals surface area contributed by atoms with E-state index in [1.54, 1.807) is 11.1 Å². The van der Waals surface area contributed by atoms with E-state index in [2.05, 4.69) is 41.0 Å². The van der Waals surface area contributed by atoms with Gasteiger partial charge >= 0.3 is 0 Å². The Labute approximate surface area is 134 Å². The van der Waals surface area contributed by atoms with Crippen LogP contribution < -0.4 is 0 Å². The van der Waals surface area contributed by atoms with Gasteiger partial charge in [-0.3, -0.25) is 9.80 Å². The van der Waals surface area contributed by atoms with Gasteiger partial charge in [-0.05, 0) is 49.8 Å². The third-order valence-corrected chi connectivity index (χ3v) is 5.34. The van der Waals surface area contributed by atoms with Crippen molar-refractivity contribution in [2.24, 2.45) is 0 Å². The minimum absolute atomic E-state index is 0.165. The number of hydrogen-bond acceptors (Lipinski definition) is 3. The summed E-state index contributed by atoms with van der Waals surface area (Å²) in [6.07, 6.45) is 5.77. The highest BCUT2D eigenvalue weighted by Gasteiger charge is 2.27. The third-order valence-electron chi connectivity index (χ3n) is 5.34. The normalized spacial score (nSPS) is 25.5. The topological polar surface area (TPSA) is 26.7 Å². The van der Waals surface area contributed by atoms with Gasteiger partial charge in [0.05, 0.1) is 6.10 Å². The van der Waals surface area contributed by atoms with Gasteiger partial charge in [-0.25, -0.2) is 0 Å². The molecule has 1 aliphatic heterocycles. The monoisotopic (exact) mass is 302 g/mol. The predicted molar refractivity (Wildman–Crippen MR) is 91.0 cm³/mol. The molecule has 2 aliphatic rings. The third kappa shape index (κ3) is 3.70. The highest BCUT2D eigenvalue weighted by atomic mass is 16.3. The maximum Gasteiger partial charge on any atom is 0.0664 e. The average molecular weight is 302 g/mol. The summed E-state index contributed by atoms with van der Waals surface area (Å²) in [5.41, 5.74) is 3.12. The van der Waals surface area contributed by atoms with Gasteiger partial charge in [-0.1, -0.05) is 31.2 Å². The maximum absolute atomic E-state index is 9.89. The molecule has 1 aromatic carbocycles. The first-order valence-corrected chi connectivity index (χ1v) is 9.00. The van der Waals surface area contributed by atoms with E-state index in [1.807, 2.05) is 0 Å². The molecular weight excluding hydrogens is 272 g/mol. The number of β-amino-alcohol motifs (C(OH)–C–C–N with tert-alkyl or cyclic N) is 1. The SMILES string of the molecule is CCC(O)CN1CCCN(C2CCCc3ccccc32)CC1. The number of aliphatic hydroxyl groups excluding tert-OH is 1. The number of benzene rings is 1. The fourth-order valence-electron chi connectivity index (χ4n) is 4.02. The zero-order valence-corrected chi connectivity index (χ0v) is 13.9. The Balaban J connectivity index is 1.64. The Morgan fingerprint density at radius 2 is 2.00 bits per heavy atom. The van der Waals surface area contributed by atoms with Gasteiger partial charge in [-0.2, -0.15) is 0 Å². The highest BCUT2D eigenvalue weighted by molar-refractivity contribution is 5.32. The fraction of sp³-hybridized carbons (Fsp3) is 0.684. The van der Waals surface area contributed by atoms with E-state index in [1.165, 1.54) is 32.2 Å². The van der Waals surface area contributed by atoms with E-state index in [4.69, 9.17) is 0 Å². The van der Waals surface area contributed by atoms with Crippen LogP contribution in [0.25, 0.3) is 0 Å². The molecule has 3 rings (SSSR count). The number of aryl methyl sites for hydroxylation is 1. The molecule has 2 unspecified atom stereocenters. The van der Waals surface area contributed by atoms with Crippen LogP contribution in [0.1, 0.15) is 49.8 Å². The molecule has 122 valence electrons. The van der Waals surface area contributed by atoms with E-state index in [0.29, 0.717) is 6.04 Å². The number of fused-ring (bicyclic) bond motifs is 1. The van der Waals surface area contributed by atoms with Gasteiger partial charge in [0, 0.05) is 32.2 Å². The summed E-state index contributed by atoms with van der Waals surface area (Å²) in [4.78, 5) is 5.14. The zero-order valence-electron chi connectivity index (χ0n) is 13.9. The van der Waals surface area contributed by atoms with Crippen LogP contribution in [0.15, 0.2) is 24.3 Å². The van der Waals surface area contributed by atoms with Crippen molar-refractivity contribution >= 4 is 0 Å². The quantitative estimate of drug-likeness (QED) is 0.926. The Kier molecular flexibility index (Phi) is 5.51. The van der Waals surface area contributed by atoms with Crippen LogP contribution in [0.4, 0.5) is 0 Å². The van der Waals surface area contributed by atoms with E-state index in [0.717, 1.165) is 32.6 Å². The predicted octanol–water partition coefficient (Wildman–Crippen LogP) is 2.84. The van der Waals surface area contributed by atoms with Crippen LogP contribution >= 0.6 is 0 Å². The van der Waals surface area contributed by atoms with Crippen LogP contribution in [0.3, 0.4) is 0 Å². The van der Waals surface area contributed by atoms with E-state index < -0.39 is 0 Å². The van der Waals surface area contributed by atoms with Crippen LogP contribution in [-0.2, 0) is 6.42 Å². The lowest BCUT2D eigenvalue weighted by molar-refractivity contribution is 0.108. The van der Waals surface area contributed by atoms with Gasteiger partial charge in [0.15, 0.2) is 0 Å². The Morgan fingerprint density at radius 1 is 1.14 bits per heavy atom. The second kappa shape index (κ2) is 7.58. The first-order valence-electron chi connectivity index (χ1n) is 9.00. The van der Waals surface area contributed by atoms with Crippen molar-refractivity contribution in [2.75, 3.05) is 32.7 Å². The van der Waals surface area contributed by atoms with Crippen LogP contribution in [-0.4, -0.2) is 53.7 Å². The molecule has 0 bridgehead atoms. The van der Waals surface area contributed by atoms with Crippen molar-refractivity contribution in [1.82, 2.24) is 9.80 Å². The van der Waals surface area contributed by atoms with Crippen molar-refractivity contribution in [2.45, 2.75) is 51.2 Å². The Bertz CT molecular complexity index is 476. The summed E-state index contributed by atoms with van der Waals surface area (Å²) in [5, 5.41) is 9.89. The van der Waals surface area contributed by atoms with Crippen LogP contribution in [0.2, 0.25) is 0 Å². The molecule has 0 radical (unpaired) electrons. The van der Waals surface area contributed by atoms with Crippen molar-refractivity contribution in [3.63, 3.8) is 0 Å². The molecule has 3 nitrogen and oxygen atoms in total. The Hall–Kier alpha value is -0.900. The number of nitrogens with zero attached hydrogens (tertiary/aromatic N) is 2. The second-order valence-corrected chi connectivity index (χ2v) is 6.86. The van der Waals surface area contributed by atoms with E-state index in [-0.39, 0.29) is 6.10 Å². The lowest BCUT2D eigenvalue weighted by atomic mass is 9.87. The van der Waals surface area contributed by atoms with E-state index in [9.17, 15) is 5.11 Å². The minimum Gasteiger partial charge on any atom is -0.392 e. The lowest BCUT2D eigenvalue weighted by Crippen LogP contribution is -2.37. The number of aliphatic hydroxyl groups is 1. The summed E-state index contributed by atoms with van der Waals surface area (Å²) < 4.78 is 0. The molecule has 3 heteroatoms. The van der Waals surface area contributed by atoms with Gasteiger partial charge in [0.1, 0.15) is 0 Å². The molecular formula is C19H30N2O. The van der Waals surface area contributed by atoms with Crippen molar-refractivity contribution in [3.8, 4) is 0 Å². The van der Waals surface area contributed by atoms with Gasteiger partial charge in [0.2, 0.25) is 0 Å². The van der Waals surface area contributed by atoms with Gasteiger partial charge in [-0.15, -0.1) is 0 Å². The molecule has 1 aliphatic carbocycles. The molecule has 1 fully saturated rings. The molecule has 0 spiro atoms. The minimum atomic E-state index is -0.165. The molecule has 1 saturated heterocycles. The molecule has 1 aromatic rings. The highest BCUT2D eigenvalue weighted by Crippen LogP contribution is 2.34. The maximum atomic E-state index is 9.89. The molecule has 0 aromatic heterocycles. The largest absolute Gasteiger partial charge is 0.392 e. The summed E-state index contributed by atoms with van der Waals surface area (Å²) in [6, 6.07) is 9.63. The molecule has 1 heterocycles. The molecule has 0 amide bonds. The first kappa shape index (κ1) is 16.0. The summed E-state index contributed by atoms with van der Waals surface area (Å²) in [5.74, 6) is 0. The standard InChI is InChI=1S/C19H30N2O/c1-2-17(22)15-20-11-6-12-21(14-13-20)19-10-5-8-16-7-3-4-9-18(16)19/h3-4,7,9,17,19,22H,2,5-6,8,10-15H2,1H3. The molecule has 1 N–H and O–H groups in total. The lowest BCUT2D eigenvalue weighted by Gasteiger charge is -2.35. The average Bonchev–Trinajstić information content (AvgIpc) is 2.79. The number of rotatable bonds is 4. The van der Waals surface area contributed by atoms with Crippen molar-refractivity contribution in [3.05, 3.63) is 35.4 Å². The smallest absolute Gasteiger partial charge is 0.0664 e. The Morgan fingerprint density at radius 3 is 2.86 bits per heavy atom. The molecule has 0 saturated carbocycles. The second-order valence-electron chi connectivity index (χ2n) is 6.86. The fourth-order valence-corrected chi connectivity index (χ4v) is 4.02. The molecule has 22 heavy (non-hydrogen) atoms. The van der Waals surface area contributed by atoms with Gasteiger partial charge < -0.3 is 5.11 Å². The number of hydrogen-bond donors (Lipinski definition) is 1.